The Bertz CT molecular complexity index is 1030. The van der Waals surface area contributed by atoms with E-state index in [4.69, 9.17) is 4.74 Å². The summed E-state index contributed by atoms with van der Waals surface area (Å²) in [6.07, 6.45) is 1.90. The smallest absolute Gasteiger partial charge is 0.269 e. The van der Waals surface area contributed by atoms with Gasteiger partial charge in [-0.3, -0.25) is 19.6 Å². The van der Waals surface area contributed by atoms with Gasteiger partial charge in [0.05, 0.1) is 16.7 Å². The Labute approximate surface area is 168 Å². The highest BCUT2D eigenvalue weighted by Crippen LogP contribution is 2.19. The minimum Gasteiger partial charge on any atom is -0.489 e. The number of ether oxygens (including phenoxy) is 1. The Morgan fingerprint density at radius 2 is 2.00 bits per heavy atom. The zero-order valence-corrected chi connectivity index (χ0v) is 16.5. The van der Waals surface area contributed by atoms with Crippen molar-refractivity contribution >= 4 is 11.6 Å². The largest absolute Gasteiger partial charge is 0.489 e. The second-order valence-corrected chi connectivity index (χ2v) is 6.78. The van der Waals surface area contributed by atoms with Gasteiger partial charge in [-0.15, -0.1) is 0 Å². The summed E-state index contributed by atoms with van der Waals surface area (Å²) in [4.78, 5) is 22.9. The van der Waals surface area contributed by atoms with Crippen LogP contribution in [-0.2, 0) is 13.7 Å². The molecule has 0 saturated heterocycles. The van der Waals surface area contributed by atoms with E-state index in [0.717, 1.165) is 16.8 Å². The molecular formula is C21H22N4O4. The van der Waals surface area contributed by atoms with E-state index in [-0.39, 0.29) is 24.2 Å². The fraction of sp³-hybridized carbons (Fsp3) is 0.238. The Balaban J connectivity index is 1.63. The van der Waals surface area contributed by atoms with Crippen LogP contribution in [-0.4, -0.2) is 20.6 Å². The van der Waals surface area contributed by atoms with Crippen LogP contribution in [0.1, 0.15) is 40.1 Å². The van der Waals surface area contributed by atoms with Crippen molar-refractivity contribution in [2.45, 2.75) is 26.5 Å². The maximum atomic E-state index is 12.6. The molecule has 29 heavy (non-hydrogen) atoms. The Morgan fingerprint density at radius 1 is 1.28 bits per heavy atom. The monoisotopic (exact) mass is 394 g/mol. The molecule has 2 aromatic carbocycles. The number of nitro groups is 1. The van der Waals surface area contributed by atoms with Crippen LogP contribution >= 0.6 is 0 Å². The zero-order valence-electron chi connectivity index (χ0n) is 16.5. The molecule has 0 aliphatic rings. The molecule has 1 heterocycles. The van der Waals surface area contributed by atoms with E-state index < -0.39 is 4.92 Å². The first-order valence-electron chi connectivity index (χ1n) is 9.10. The quantitative estimate of drug-likeness (QED) is 0.486. The van der Waals surface area contributed by atoms with Crippen molar-refractivity contribution in [1.29, 1.82) is 0 Å². The van der Waals surface area contributed by atoms with Crippen molar-refractivity contribution in [3.63, 3.8) is 0 Å². The van der Waals surface area contributed by atoms with E-state index in [1.165, 1.54) is 12.1 Å². The minimum atomic E-state index is -0.458. The number of benzene rings is 2. The van der Waals surface area contributed by atoms with Crippen molar-refractivity contribution in [2.24, 2.45) is 7.05 Å². The lowest BCUT2D eigenvalue weighted by atomic mass is 10.1. The van der Waals surface area contributed by atoms with Gasteiger partial charge in [0.25, 0.3) is 11.6 Å². The molecule has 1 N–H and O–H groups in total. The second-order valence-electron chi connectivity index (χ2n) is 6.78. The van der Waals surface area contributed by atoms with Crippen molar-refractivity contribution in [3.8, 4) is 5.75 Å². The lowest BCUT2D eigenvalue weighted by Crippen LogP contribution is -2.27. The fourth-order valence-corrected chi connectivity index (χ4v) is 3.03. The molecule has 8 nitrogen and oxygen atoms in total. The maximum absolute atomic E-state index is 12.6. The van der Waals surface area contributed by atoms with E-state index in [2.05, 4.69) is 10.4 Å². The average molecular weight is 394 g/mol. The molecule has 1 unspecified atom stereocenters. The number of non-ortho nitro benzene ring substituents is 1. The van der Waals surface area contributed by atoms with Crippen molar-refractivity contribution in [2.75, 3.05) is 0 Å². The third-order valence-corrected chi connectivity index (χ3v) is 4.51. The van der Waals surface area contributed by atoms with Crippen LogP contribution in [0, 0.1) is 17.0 Å². The molecule has 3 rings (SSSR count). The summed E-state index contributed by atoms with van der Waals surface area (Å²) in [6, 6.07) is 12.9. The lowest BCUT2D eigenvalue weighted by Gasteiger charge is -2.14. The topological polar surface area (TPSA) is 99.3 Å². The van der Waals surface area contributed by atoms with Gasteiger partial charge in [-0.05, 0) is 43.7 Å². The van der Waals surface area contributed by atoms with Gasteiger partial charge in [0, 0.05) is 36.5 Å². The van der Waals surface area contributed by atoms with E-state index >= 15 is 0 Å². The van der Waals surface area contributed by atoms with Gasteiger partial charge in [0.1, 0.15) is 12.4 Å². The zero-order chi connectivity index (χ0) is 21.0. The SMILES string of the molecule is Cc1nn(C)cc1C(C)NC(=O)c1cccc(COc2ccc([N+](=O)[O-])cc2)c1. The van der Waals surface area contributed by atoms with E-state index in [1.807, 2.05) is 33.2 Å². The van der Waals surface area contributed by atoms with Crippen LogP contribution in [0.3, 0.4) is 0 Å². The highest BCUT2D eigenvalue weighted by Gasteiger charge is 2.15. The van der Waals surface area contributed by atoms with Crippen LogP contribution in [0.15, 0.2) is 54.7 Å². The molecule has 0 saturated carbocycles. The van der Waals surface area contributed by atoms with E-state index in [0.29, 0.717) is 11.3 Å². The molecule has 0 bridgehead atoms. The molecule has 3 aromatic rings. The number of carbonyl (C=O) groups is 1. The minimum absolute atomic E-state index is 0.00833. The molecule has 1 amide bonds. The number of aryl methyl sites for hydroxylation is 2. The van der Waals surface area contributed by atoms with Gasteiger partial charge in [-0.1, -0.05) is 12.1 Å². The molecule has 0 aliphatic carbocycles. The Kier molecular flexibility index (Phi) is 5.92. The summed E-state index contributed by atoms with van der Waals surface area (Å²) in [5.41, 5.74) is 3.21. The van der Waals surface area contributed by atoms with Crippen LogP contribution in [0.5, 0.6) is 5.75 Å². The van der Waals surface area contributed by atoms with Crippen molar-refractivity contribution < 1.29 is 14.5 Å². The number of amides is 1. The molecule has 1 atom stereocenters. The number of nitrogens with one attached hydrogen (secondary N) is 1. The van der Waals surface area contributed by atoms with Crippen LogP contribution in [0.25, 0.3) is 0 Å². The number of carbonyl (C=O) groups excluding carboxylic acids is 1. The number of nitrogens with zero attached hydrogens (tertiary/aromatic N) is 3. The Hall–Kier alpha value is -3.68. The number of hydrogen-bond donors (Lipinski definition) is 1. The number of nitro benzene ring substituents is 1. The van der Waals surface area contributed by atoms with Crippen molar-refractivity contribution in [1.82, 2.24) is 15.1 Å². The normalized spacial score (nSPS) is 11.7. The lowest BCUT2D eigenvalue weighted by molar-refractivity contribution is -0.384. The highest BCUT2D eigenvalue weighted by atomic mass is 16.6. The molecule has 1 aromatic heterocycles. The predicted octanol–water partition coefficient (Wildman–Crippen LogP) is 3.71. The third-order valence-electron chi connectivity index (χ3n) is 4.51. The van der Waals surface area contributed by atoms with Crippen LogP contribution < -0.4 is 10.1 Å². The van der Waals surface area contributed by atoms with Crippen molar-refractivity contribution in [3.05, 3.63) is 87.2 Å². The summed E-state index contributed by atoms with van der Waals surface area (Å²) in [7, 11) is 1.85. The third kappa shape index (κ3) is 4.98. The molecule has 0 spiro atoms. The number of hydrogen-bond acceptors (Lipinski definition) is 5. The fourth-order valence-electron chi connectivity index (χ4n) is 3.03. The van der Waals surface area contributed by atoms with Gasteiger partial charge >= 0.3 is 0 Å². The summed E-state index contributed by atoms with van der Waals surface area (Å²) >= 11 is 0. The van der Waals surface area contributed by atoms with E-state index in [1.54, 1.807) is 35.0 Å². The van der Waals surface area contributed by atoms with Crippen LogP contribution in [0.4, 0.5) is 5.69 Å². The number of rotatable bonds is 7. The average Bonchev–Trinajstić information content (AvgIpc) is 3.05. The first-order chi connectivity index (χ1) is 13.8. The predicted molar refractivity (Wildman–Crippen MR) is 108 cm³/mol. The summed E-state index contributed by atoms with van der Waals surface area (Å²) in [5.74, 6) is 0.337. The van der Waals surface area contributed by atoms with Gasteiger partial charge in [-0.2, -0.15) is 5.10 Å². The molecular weight excluding hydrogens is 372 g/mol. The van der Waals surface area contributed by atoms with Gasteiger partial charge < -0.3 is 10.1 Å². The standard InChI is InChI=1S/C21H22N4O4/c1-14(20-12-24(3)23-15(20)2)22-21(26)17-6-4-5-16(11-17)13-29-19-9-7-18(8-10-19)25(27)28/h4-12,14H,13H2,1-3H3,(H,22,26). The maximum Gasteiger partial charge on any atom is 0.269 e. The van der Waals surface area contributed by atoms with Gasteiger partial charge in [0.2, 0.25) is 0 Å². The number of aromatic nitrogens is 2. The first-order valence-corrected chi connectivity index (χ1v) is 9.10. The molecule has 150 valence electrons. The summed E-state index contributed by atoms with van der Waals surface area (Å²) in [6.45, 7) is 4.08. The van der Waals surface area contributed by atoms with Gasteiger partial charge in [0.15, 0.2) is 0 Å². The Morgan fingerprint density at radius 3 is 2.62 bits per heavy atom. The molecule has 0 aliphatic heterocycles. The highest BCUT2D eigenvalue weighted by molar-refractivity contribution is 5.94. The molecule has 0 fully saturated rings. The first kappa shape index (κ1) is 20.1. The van der Waals surface area contributed by atoms with Gasteiger partial charge in [-0.25, -0.2) is 0 Å². The molecule has 8 heteroatoms. The summed E-state index contributed by atoms with van der Waals surface area (Å²) < 4.78 is 7.39. The second kappa shape index (κ2) is 8.55. The summed E-state index contributed by atoms with van der Waals surface area (Å²) in [5, 5.41) is 18.0. The van der Waals surface area contributed by atoms with Crippen LogP contribution in [0.2, 0.25) is 0 Å². The van der Waals surface area contributed by atoms with E-state index in [9.17, 15) is 14.9 Å². The molecule has 0 radical (unpaired) electrons.